The number of rotatable bonds is 5. The van der Waals surface area contributed by atoms with Crippen LogP contribution in [0.2, 0.25) is 0 Å². The fourth-order valence-electron chi connectivity index (χ4n) is 5.42. The van der Waals surface area contributed by atoms with Crippen LogP contribution in [0.4, 0.5) is 11.4 Å². The molecule has 4 atom stereocenters. The lowest BCUT2D eigenvalue weighted by molar-refractivity contribution is -0.139. The molecule has 0 bridgehead atoms. The number of methoxy groups -OCH3 is 1. The highest BCUT2D eigenvalue weighted by Crippen LogP contribution is 2.42. The Morgan fingerprint density at radius 1 is 0.914 bits per heavy atom. The molecule has 35 heavy (non-hydrogen) atoms. The van der Waals surface area contributed by atoms with Crippen molar-refractivity contribution in [2.75, 3.05) is 23.5 Å². The highest BCUT2D eigenvalue weighted by molar-refractivity contribution is 6.22. The zero-order chi connectivity index (χ0) is 24.7. The number of anilines is 2. The minimum atomic E-state index is -0.628. The summed E-state index contributed by atoms with van der Waals surface area (Å²) in [5, 5.41) is 0. The van der Waals surface area contributed by atoms with E-state index in [1.165, 1.54) is 4.90 Å². The quantitative estimate of drug-likeness (QED) is 0.372. The summed E-state index contributed by atoms with van der Waals surface area (Å²) in [6.07, 6.45) is 2.43. The zero-order valence-corrected chi connectivity index (χ0v) is 19.8. The van der Waals surface area contributed by atoms with E-state index in [4.69, 9.17) is 9.47 Å². The van der Waals surface area contributed by atoms with Gasteiger partial charge >= 0.3 is 5.97 Å². The minimum Gasteiger partial charge on any atom is -0.497 e. The van der Waals surface area contributed by atoms with Gasteiger partial charge in [-0.3, -0.25) is 19.2 Å². The van der Waals surface area contributed by atoms with Crippen LogP contribution in [0.25, 0.3) is 0 Å². The molecule has 0 aromatic heterocycles. The van der Waals surface area contributed by atoms with Gasteiger partial charge in [0.2, 0.25) is 17.7 Å². The maximum atomic E-state index is 13.0. The molecule has 182 valence electrons. The van der Waals surface area contributed by atoms with Crippen LogP contribution in [0, 0.1) is 23.7 Å². The lowest BCUT2D eigenvalue weighted by atomic mass is 9.76. The van der Waals surface area contributed by atoms with Crippen LogP contribution in [-0.4, -0.2) is 37.3 Å². The standard InChI is InChI=1S/C27H28N2O6/c1-16-9-10-22-23(11-16)26(32)29(25(22)31)19-6-4-8-21(14-19)35-27(33)17-12-24(30)28(15-17)18-5-3-7-20(13-18)34-2/h3-8,13-14,16-17,22-23H,9-12,15H2,1-2H3/t16-,17-,22-,23+/m1/s1. The highest BCUT2D eigenvalue weighted by Gasteiger charge is 2.50. The van der Waals surface area contributed by atoms with E-state index in [1.807, 2.05) is 0 Å². The number of carbonyl (C=O) groups is 4. The topological polar surface area (TPSA) is 93.2 Å². The fourth-order valence-corrected chi connectivity index (χ4v) is 5.42. The molecule has 2 aromatic carbocycles. The summed E-state index contributed by atoms with van der Waals surface area (Å²) in [5.74, 6) is -0.927. The number of nitrogens with zero attached hydrogens (tertiary/aromatic N) is 2. The van der Waals surface area contributed by atoms with Gasteiger partial charge in [0.15, 0.2) is 0 Å². The largest absolute Gasteiger partial charge is 0.497 e. The lowest BCUT2D eigenvalue weighted by Gasteiger charge is -2.25. The van der Waals surface area contributed by atoms with Crippen molar-refractivity contribution in [3.05, 3.63) is 48.5 Å². The summed E-state index contributed by atoms with van der Waals surface area (Å²) in [7, 11) is 1.55. The van der Waals surface area contributed by atoms with Crippen molar-refractivity contribution < 1.29 is 28.7 Å². The number of benzene rings is 2. The Labute approximate surface area is 203 Å². The van der Waals surface area contributed by atoms with Gasteiger partial charge in [-0.05, 0) is 49.4 Å². The second-order valence-corrected chi connectivity index (χ2v) is 9.67. The van der Waals surface area contributed by atoms with Crippen LogP contribution in [0.15, 0.2) is 48.5 Å². The van der Waals surface area contributed by atoms with Crippen molar-refractivity contribution >= 4 is 35.1 Å². The fraction of sp³-hybridized carbons (Fsp3) is 0.407. The average Bonchev–Trinajstić information content (AvgIpc) is 3.36. The molecular weight excluding hydrogens is 448 g/mol. The Morgan fingerprint density at radius 2 is 1.60 bits per heavy atom. The first-order valence-corrected chi connectivity index (χ1v) is 12.0. The number of fused-ring (bicyclic) bond motifs is 1. The van der Waals surface area contributed by atoms with E-state index in [0.717, 1.165) is 19.3 Å². The minimum absolute atomic E-state index is 0.0420. The highest BCUT2D eigenvalue weighted by atomic mass is 16.5. The summed E-state index contributed by atoms with van der Waals surface area (Å²) in [6, 6.07) is 13.6. The number of amides is 3. The van der Waals surface area contributed by atoms with Crippen molar-refractivity contribution in [1.82, 2.24) is 0 Å². The third kappa shape index (κ3) is 4.29. The Hall–Kier alpha value is -3.68. The number of esters is 1. The van der Waals surface area contributed by atoms with E-state index in [0.29, 0.717) is 23.0 Å². The maximum absolute atomic E-state index is 13.0. The number of hydrogen-bond donors (Lipinski definition) is 0. The molecule has 3 aliphatic rings. The van der Waals surface area contributed by atoms with Gasteiger partial charge in [0.1, 0.15) is 11.5 Å². The Morgan fingerprint density at radius 3 is 2.37 bits per heavy atom. The van der Waals surface area contributed by atoms with Crippen LogP contribution in [0.5, 0.6) is 11.5 Å². The van der Waals surface area contributed by atoms with Gasteiger partial charge in [0, 0.05) is 30.8 Å². The molecule has 2 aromatic rings. The normalized spacial score (nSPS) is 26.2. The van der Waals surface area contributed by atoms with Crippen molar-refractivity contribution in [3.8, 4) is 11.5 Å². The predicted molar refractivity (Wildman–Crippen MR) is 128 cm³/mol. The molecule has 0 radical (unpaired) electrons. The van der Waals surface area contributed by atoms with Crippen molar-refractivity contribution in [1.29, 1.82) is 0 Å². The second kappa shape index (κ2) is 9.17. The third-order valence-electron chi connectivity index (χ3n) is 7.31. The SMILES string of the molecule is COc1cccc(N2C[C@H](C(=O)Oc3cccc(N4C(=O)[C@H]5C[C@H](C)CC[C@H]5C4=O)c3)CC2=O)c1. The maximum Gasteiger partial charge on any atom is 0.316 e. The summed E-state index contributed by atoms with van der Waals surface area (Å²) >= 11 is 0. The van der Waals surface area contributed by atoms with E-state index in [2.05, 4.69) is 6.92 Å². The van der Waals surface area contributed by atoms with Gasteiger partial charge in [-0.1, -0.05) is 19.1 Å². The van der Waals surface area contributed by atoms with Crippen molar-refractivity contribution in [2.45, 2.75) is 32.6 Å². The predicted octanol–water partition coefficient (Wildman–Crippen LogP) is 3.58. The molecule has 5 rings (SSSR count). The van der Waals surface area contributed by atoms with Gasteiger partial charge in [0.25, 0.3) is 0 Å². The third-order valence-corrected chi connectivity index (χ3v) is 7.31. The van der Waals surface area contributed by atoms with Crippen LogP contribution in [0.1, 0.15) is 32.6 Å². The molecule has 2 saturated heterocycles. The van der Waals surface area contributed by atoms with E-state index in [-0.39, 0.29) is 48.3 Å². The first-order chi connectivity index (χ1) is 16.9. The zero-order valence-electron chi connectivity index (χ0n) is 19.8. The first kappa shape index (κ1) is 23.1. The van der Waals surface area contributed by atoms with Gasteiger partial charge in [-0.2, -0.15) is 0 Å². The second-order valence-electron chi connectivity index (χ2n) is 9.67. The first-order valence-electron chi connectivity index (χ1n) is 12.0. The molecule has 8 nitrogen and oxygen atoms in total. The van der Waals surface area contributed by atoms with Crippen LogP contribution >= 0.6 is 0 Å². The number of ether oxygens (including phenoxy) is 2. The molecule has 0 unspecified atom stereocenters. The molecule has 0 spiro atoms. The molecule has 2 aliphatic heterocycles. The van der Waals surface area contributed by atoms with Crippen molar-refractivity contribution in [2.24, 2.45) is 23.7 Å². The van der Waals surface area contributed by atoms with E-state index in [9.17, 15) is 19.2 Å². The van der Waals surface area contributed by atoms with Crippen LogP contribution in [-0.2, 0) is 19.2 Å². The van der Waals surface area contributed by atoms with Crippen LogP contribution in [0.3, 0.4) is 0 Å². The molecule has 3 fully saturated rings. The number of carbonyl (C=O) groups excluding carboxylic acids is 4. The van der Waals surface area contributed by atoms with E-state index in [1.54, 1.807) is 60.5 Å². The van der Waals surface area contributed by atoms with Gasteiger partial charge < -0.3 is 14.4 Å². The molecular formula is C27H28N2O6. The smallest absolute Gasteiger partial charge is 0.316 e. The van der Waals surface area contributed by atoms with E-state index >= 15 is 0 Å². The molecule has 8 heteroatoms. The summed E-state index contributed by atoms with van der Waals surface area (Å²) in [4.78, 5) is 54.3. The Bertz CT molecular complexity index is 1190. The summed E-state index contributed by atoms with van der Waals surface area (Å²) < 4.78 is 10.8. The average molecular weight is 477 g/mol. The lowest BCUT2D eigenvalue weighted by Crippen LogP contribution is -2.31. The Kier molecular flexibility index (Phi) is 6.05. The Balaban J connectivity index is 1.28. The van der Waals surface area contributed by atoms with Crippen LogP contribution < -0.4 is 19.3 Å². The van der Waals surface area contributed by atoms with Gasteiger partial charge in [-0.25, -0.2) is 4.90 Å². The van der Waals surface area contributed by atoms with Crippen molar-refractivity contribution in [3.63, 3.8) is 0 Å². The summed E-state index contributed by atoms with van der Waals surface area (Å²) in [6.45, 7) is 2.31. The van der Waals surface area contributed by atoms with Gasteiger partial charge in [0.05, 0.1) is 30.6 Å². The monoisotopic (exact) mass is 476 g/mol. The van der Waals surface area contributed by atoms with E-state index < -0.39 is 11.9 Å². The molecule has 0 N–H and O–H groups in total. The molecule has 2 heterocycles. The molecule has 1 aliphatic carbocycles. The molecule has 3 amide bonds. The number of imide groups is 1. The van der Waals surface area contributed by atoms with Gasteiger partial charge in [-0.15, -0.1) is 0 Å². The number of hydrogen-bond acceptors (Lipinski definition) is 6. The summed E-state index contributed by atoms with van der Waals surface area (Å²) in [5.41, 5.74) is 1.07. The molecule has 1 saturated carbocycles.